The summed E-state index contributed by atoms with van der Waals surface area (Å²) in [4.78, 5) is 27.4. The fourth-order valence-electron chi connectivity index (χ4n) is 2.54. The predicted octanol–water partition coefficient (Wildman–Crippen LogP) is 3.68. The molecule has 0 aliphatic heterocycles. The van der Waals surface area contributed by atoms with Crippen LogP contribution in [0.25, 0.3) is 21.5 Å². The Kier molecular flexibility index (Phi) is 3.62. The van der Waals surface area contributed by atoms with Crippen molar-refractivity contribution in [1.82, 2.24) is 4.98 Å². The summed E-state index contributed by atoms with van der Waals surface area (Å²) in [7, 11) is 0. The van der Waals surface area contributed by atoms with Crippen molar-refractivity contribution in [1.29, 1.82) is 0 Å². The fourth-order valence-corrected chi connectivity index (χ4v) is 3.27. The van der Waals surface area contributed by atoms with E-state index in [1.54, 1.807) is 29.5 Å². The molecule has 0 radical (unpaired) electrons. The van der Waals surface area contributed by atoms with Crippen LogP contribution in [0.15, 0.2) is 63.1 Å². The molecule has 0 atom stereocenters. The zero-order chi connectivity index (χ0) is 17.4. The molecule has 2 aromatic heterocycles. The third-order valence-corrected chi connectivity index (χ3v) is 4.71. The molecule has 0 bridgehead atoms. The van der Waals surface area contributed by atoms with E-state index in [4.69, 9.17) is 10.2 Å². The van der Waals surface area contributed by atoms with Gasteiger partial charge < -0.3 is 15.5 Å². The van der Waals surface area contributed by atoms with Gasteiger partial charge in [-0.3, -0.25) is 9.78 Å². The molecule has 0 saturated heterocycles. The quantitative estimate of drug-likeness (QED) is 0.490. The van der Waals surface area contributed by atoms with Gasteiger partial charge >= 0.3 is 5.76 Å². The molecule has 0 aliphatic rings. The van der Waals surface area contributed by atoms with Crippen molar-refractivity contribution in [3.8, 4) is 10.4 Å². The first-order valence-corrected chi connectivity index (χ1v) is 8.36. The lowest BCUT2D eigenvalue weighted by atomic mass is 10.1. The highest BCUT2D eigenvalue weighted by Crippen LogP contribution is 2.30. The first-order chi connectivity index (χ1) is 12.1. The summed E-state index contributed by atoms with van der Waals surface area (Å²) in [5.41, 5.74) is 9.22. The third kappa shape index (κ3) is 2.92. The predicted molar refractivity (Wildman–Crippen MR) is 99.0 cm³/mol. The number of carbonyl (C=O) groups is 1. The Balaban J connectivity index is 1.65. The van der Waals surface area contributed by atoms with E-state index in [1.807, 2.05) is 29.6 Å². The number of aromatic nitrogens is 1. The van der Waals surface area contributed by atoms with Crippen molar-refractivity contribution in [2.24, 2.45) is 0 Å². The van der Waals surface area contributed by atoms with Crippen molar-refractivity contribution in [2.45, 2.75) is 0 Å². The molecule has 124 valence electrons. The molecule has 0 spiro atoms. The Hall–Kier alpha value is -3.32. The van der Waals surface area contributed by atoms with Crippen LogP contribution in [0.2, 0.25) is 0 Å². The summed E-state index contributed by atoms with van der Waals surface area (Å²) in [6.45, 7) is 0. The number of benzene rings is 2. The average Bonchev–Trinajstić information content (AvgIpc) is 3.24. The fraction of sp³-hybridized carbons (Fsp3) is 0. The summed E-state index contributed by atoms with van der Waals surface area (Å²) < 4.78 is 4.99. The van der Waals surface area contributed by atoms with E-state index in [-0.39, 0.29) is 5.91 Å². The number of carbonyl (C=O) groups excluding carboxylic acids is 1. The van der Waals surface area contributed by atoms with Crippen LogP contribution in [0.5, 0.6) is 0 Å². The zero-order valence-electron chi connectivity index (χ0n) is 12.9. The lowest BCUT2D eigenvalue weighted by Gasteiger charge is -2.10. The summed E-state index contributed by atoms with van der Waals surface area (Å²) in [6, 6.07) is 14.2. The number of nitrogens with one attached hydrogen (secondary N) is 2. The highest BCUT2D eigenvalue weighted by molar-refractivity contribution is 7.13. The number of hydrogen-bond acceptors (Lipinski definition) is 5. The third-order valence-electron chi connectivity index (χ3n) is 3.79. The van der Waals surface area contributed by atoms with E-state index in [0.29, 0.717) is 28.0 Å². The largest absolute Gasteiger partial charge is 0.417 e. The number of fused-ring (bicyclic) bond motifs is 1. The number of nitrogens with two attached hydrogens (primary N) is 1. The van der Waals surface area contributed by atoms with E-state index in [9.17, 15) is 9.59 Å². The number of oxazole rings is 1. The van der Waals surface area contributed by atoms with Gasteiger partial charge in [0.2, 0.25) is 0 Å². The monoisotopic (exact) mass is 351 g/mol. The Labute approximate surface area is 145 Å². The van der Waals surface area contributed by atoms with Crippen LogP contribution >= 0.6 is 11.3 Å². The standard InChI is InChI=1S/C18H13N3O3S/c19-12-5-3-10(16-2-1-7-25-16)8-14(12)20-17(22)11-4-6-13-15(9-11)24-18(23)21-13/h1-9H,19H2,(H,20,22)(H,21,23). The molecule has 0 saturated carbocycles. The normalized spacial score (nSPS) is 10.9. The number of hydrogen-bond donors (Lipinski definition) is 3. The van der Waals surface area contributed by atoms with Crippen molar-refractivity contribution in [2.75, 3.05) is 11.1 Å². The molecule has 2 aromatic carbocycles. The minimum Gasteiger partial charge on any atom is -0.408 e. The number of amides is 1. The summed E-state index contributed by atoms with van der Waals surface area (Å²) >= 11 is 1.61. The van der Waals surface area contributed by atoms with Gasteiger partial charge in [-0.2, -0.15) is 0 Å². The van der Waals surface area contributed by atoms with E-state index in [1.165, 1.54) is 6.07 Å². The topological polar surface area (TPSA) is 101 Å². The Morgan fingerprint density at radius 1 is 1.16 bits per heavy atom. The molecule has 6 nitrogen and oxygen atoms in total. The van der Waals surface area contributed by atoms with Crippen molar-refractivity contribution in [3.05, 3.63) is 70.0 Å². The number of aromatic amines is 1. The molecule has 0 fully saturated rings. The van der Waals surface area contributed by atoms with Gasteiger partial charge in [0.05, 0.1) is 16.9 Å². The van der Waals surface area contributed by atoms with E-state index in [2.05, 4.69) is 10.3 Å². The summed E-state index contributed by atoms with van der Waals surface area (Å²) in [5, 5.41) is 4.80. The zero-order valence-corrected chi connectivity index (χ0v) is 13.7. The minimum absolute atomic E-state index is 0.331. The van der Waals surface area contributed by atoms with Gasteiger partial charge in [-0.1, -0.05) is 12.1 Å². The Bertz CT molecular complexity index is 1130. The smallest absolute Gasteiger partial charge is 0.408 e. The van der Waals surface area contributed by atoms with Crippen LogP contribution in [0.4, 0.5) is 11.4 Å². The van der Waals surface area contributed by atoms with Crippen molar-refractivity contribution in [3.63, 3.8) is 0 Å². The van der Waals surface area contributed by atoms with Crippen LogP contribution in [-0.2, 0) is 0 Å². The Morgan fingerprint density at radius 2 is 2.04 bits per heavy atom. The van der Waals surface area contributed by atoms with Crippen LogP contribution in [-0.4, -0.2) is 10.9 Å². The van der Waals surface area contributed by atoms with Gasteiger partial charge in [0, 0.05) is 10.4 Å². The lowest BCUT2D eigenvalue weighted by molar-refractivity contribution is 0.102. The second kappa shape index (κ2) is 5.95. The van der Waals surface area contributed by atoms with Gasteiger partial charge in [-0.05, 0) is 47.3 Å². The molecule has 4 N–H and O–H groups in total. The maximum Gasteiger partial charge on any atom is 0.417 e. The minimum atomic E-state index is -0.555. The molecular formula is C18H13N3O3S. The van der Waals surface area contributed by atoms with Crippen molar-refractivity contribution < 1.29 is 9.21 Å². The number of anilines is 2. The van der Waals surface area contributed by atoms with Gasteiger partial charge in [-0.15, -0.1) is 11.3 Å². The highest BCUT2D eigenvalue weighted by atomic mass is 32.1. The molecule has 2 heterocycles. The van der Waals surface area contributed by atoms with E-state index < -0.39 is 5.76 Å². The van der Waals surface area contributed by atoms with E-state index in [0.717, 1.165) is 10.4 Å². The second-order valence-corrected chi connectivity index (χ2v) is 6.41. The molecule has 4 aromatic rings. The molecule has 7 heteroatoms. The maximum absolute atomic E-state index is 12.5. The van der Waals surface area contributed by atoms with Crippen molar-refractivity contribution >= 4 is 39.7 Å². The molecule has 0 unspecified atom stereocenters. The van der Waals surface area contributed by atoms with E-state index >= 15 is 0 Å². The highest BCUT2D eigenvalue weighted by Gasteiger charge is 2.12. The maximum atomic E-state index is 12.5. The lowest BCUT2D eigenvalue weighted by Crippen LogP contribution is -2.13. The summed E-state index contributed by atoms with van der Waals surface area (Å²) in [5.74, 6) is -0.888. The van der Waals surface area contributed by atoms with Crippen LogP contribution in [0.1, 0.15) is 10.4 Å². The summed E-state index contributed by atoms with van der Waals surface area (Å²) in [6.07, 6.45) is 0. The first-order valence-electron chi connectivity index (χ1n) is 7.48. The van der Waals surface area contributed by atoms with Gasteiger partial charge in [0.15, 0.2) is 5.58 Å². The molecule has 1 amide bonds. The van der Waals surface area contributed by atoms with Gasteiger partial charge in [-0.25, -0.2) is 4.79 Å². The Morgan fingerprint density at radius 3 is 2.84 bits per heavy atom. The number of rotatable bonds is 3. The number of thiophene rings is 1. The molecule has 25 heavy (non-hydrogen) atoms. The SMILES string of the molecule is Nc1ccc(-c2cccs2)cc1NC(=O)c1ccc2[nH]c(=O)oc2c1. The molecule has 4 rings (SSSR count). The van der Waals surface area contributed by atoms with Gasteiger partial charge in [0.1, 0.15) is 0 Å². The average molecular weight is 351 g/mol. The number of H-pyrrole nitrogens is 1. The van der Waals surface area contributed by atoms with Gasteiger partial charge in [0.25, 0.3) is 5.91 Å². The molecular weight excluding hydrogens is 338 g/mol. The van der Waals surface area contributed by atoms with Crippen LogP contribution < -0.4 is 16.8 Å². The molecule has 0 aliphatic carbocycles. The first kappa shape index (κ1) is 15.2. The second-order valence-electron chi connectivity index (χ2n) is 5.46. The van der Waals surface area contributed by atoms with Crippen LogP contribution in [0.3, 0.4) is 0 Å². The number of nitrogen functional groups attached to an aromatic ring is 1. The van der Waals surface area contributed by atoms with Crippen LogP contribution in [0, 0.1) is 0 Å².